The Balaban J connectivity index is 1.39. The molecule has 0 bridgehead atoms. The molecule has 3 aromatic carbocycles. The van der Waals surface area contributed by atoms with Gasteiger partial charge in [0.25, 0.3) is 0 Å². The van der Waals surface area contributed by atoms with Crippen molar-refractivity contribution in [2.45, 2.75) is 50.6 Å². The van der Waals surface area contributed by atoms with Gasteiger partial charge in [0.2, 0.25) is 0 Å². The van der Waals surface area contributed by atoms with Gasteiger partial charge < -0.3 is 10.2 Å². The standard InChI is InChI=1S/C30H30ClFN4O/c31-28-19-24(10-13-29(28)32)34-30(37)36(27-14-16-35(17-15-27)25-6-1-2-7-25)26-11-8-22(9-12-26)23-5-3-4-21(18-23)20-33/h3-5,8-13,18-19,25,27H,1-2,6-7,14-17H2,(H,34,37). The topological polar surface area (TPSA) is 59.4 Å². The Labute approximate surface area is 222 Å². The zero-order chi connectivity index (χ0) is 25.8. The van der Waals surface area contributed by atoms with Crippen molar-refractivity contribution in [1.29, 1.82) is 5.26 Å². The molecule has 0 atom stereocenters. The highest BCUT2D eigenvalue weighted by Crippen LogP contribution is 2.31. The number of urea groups is 1. The summed E-state index contributed by atoms with van der Waals surface area (Å²) in [6.07, 6.45) is 6.94. The Morgan fingerprint density at radius 2 is 1.70 bits per heavy atom. The highest BCUT2D eigenvalue weighted by molar-refractivity contribution is 6.31. The van der Waals surface area contributed by atoms with Gasteiger partial charge in [0.05, 0.1) is 16.7 Å². The average molecular weight is 517 g/mol. The Bertz CT molecular complexity index is 1290. The second-order valence-electron chi connectivity index (χ2n) is 9.87. The van der Waals surface area contributed by atoms with E-state index in [0.29, 0.717) is 17.3 Å². The lowest BCUT2D eigenvalue weighted by Gasteiger charge is -2.40. The number of hydrogen-bond donors (Lipinski definition) is 1. The molecule has 1 saturated carbocycles. The molecule has 0 radical (unpaired) electrons. The van der Waals surface area contributed by atoms with Crippen LogP contribution in [-0.2, 0) is 0 Å². The SMILES string of the molecule is N#Cc1cccc(-c2ccc(N(C(=O)Nc3ccc(F)c(Cl)c3)C3CCN(C4CCCC4)CC3)cc2)c1. The minimum atomic E-state index is -0.521. The zero-order valence-electron chi connectivity index (χ0n) is 20.7. The zero-order valence-corrected chi connectivity index (χ0v) is 21.4. The van der Waals surface area contributed by atoms with Crippen LogP contribution in [0.4, 0.5) is 20.6 Å². The van der Waals surface area contributed by atoms with Crippen molar-refractivity contribution in [2.75, 3.05) is 23.3 Å². The summed E-state index contributed by atoms with van der Waals surface area (Å²) in [6.45, 7) is 1.95. The largest absolute Gasteiger partial charge is 0.326 e. The van der Waals surface area contributed by atoms with Crippen LogP contribution in [0.5, 0.6) is 0 Å². The molecular formula is C30H30ClFN4O. The van der Waals surface area contributed by atoms with Gasteiger partial charge in [-0.25, -0.2) is 9.18 Å². The molecule has 2 aliphatic rings. The molecule has 190 valence electrons. The van der Waals surface area contributed by atoms with E-state index >= 15 is 0 Å². The first-order valence-electron chi connectivity index (χ1n) is 12.9. The van der Waals surface area contributed by atoms with Crippen LogP contribution < -0.4 is 10.2 Å². The average Bonchev–Trinajstić information content (AvgIpc) is 3.47. The molecule has 3 aromatic rings. The summed E-state index contributed by atoms with van der Waals surface area (Å²) < 4.78 is 13.7. The van der Waals surface area contributed by atoms with E-state index in [1.54, 1.807) is 6.07 Å². The molecule has 0 unspecified atom stereocenters. The summed E-state index contributed by atoms with van der Waals surface area (Å²) in [5.41, 5.74) is 3.78. The second kappa shape index (κ2) is 11.3. The van der Waals surface area contributed by atoms with Gasteiger partial charge in [-0.1, -0.05) is 48.7 Å². The molecule has 2 fully saturated rings. The molecule has 2 amide bonds. The van der Waals surface area contributed by atoms with Crippen molar-refractivity contribution < 1.29 is 9.18 Å². The van der Waals surface area contributed by atoms with Gasteiger partial charge in [-0.3, -0.25) is 4.90 Å². The number of nitrogens with one attached hydrogen (secondary N) is 1. The molecular weight excluding hydrogens is 487 g/mol. The third kappa shape index (κ3) is 5.79. The Morgan fingerprint density at radius 3 is 2.38 bits per heavy atom. The first-order valence-corrected chi connectivity index (χ1v) is 13.3. The van der Waals surface area contributed by atoms with Gasteiger partial charge in [0, 0.05) is 36.5 Å². The van der Waals surface area contributed by atoms with Crippen molar-refractivity contribution in [2.24, 2.45) is 0 Å². The molecule has 0 aromatic heterocycles. The summed E-state index contributed by atoms with van der Waals surface area (Å²) in [7, 11) is 0. The van der Waals surface area contributed by atoms with Crippen molar-refractivity contribution in [3.05, 3.63) is 83.1 Å². The van der Waals surface area contributed by atoms with Gasteiger partial charge in [-0.2, -0.15) is 5.26 Å². The van der Waals surface area contributed by atoms with Crippen molar-refractivity contribution in [3.8, 4) is 17.2 Å². The number of amides is 2. The number of carbonyl (C=O) groups is 1. The maximum Gasteiger partial charge on any atom is 0.326 e. The molecule has 1 saturated heterocycles. The first kappa shape index (κ1) is 25.3. The third-order valence-corrected chi connectivity index (χ3v) is 7.86. The van der Waals surface area contributed by atoms with Crippen LogP contribution in [0, 0.1) is 17.1 Å². The summed E-state index contributed by atoms with van der Waals surface area (Å²) in [4.78, 5) is 18.0. The fourth-order valence-corrected chi connectivity index (χ4v) is 5.79. The summed E-state index contributed by atoms with van der Waals surface area (Å²) in [5, 5.41) is 12.1. The Hall–Kier alpha value is -3.40. The van der Waals surface area contributed by atoms with Gasteiger partial charge in [0.15, 0.2) is 0 Å². The number of benzene rings is 3. The Morgan fingerprint density at radius 1 is 0.973 bits per heavy atom. The van der Waals surface area contributed by atoms with E-state index in [1.807, 2.05) is 47.4 Å². The van der Waals surface area contributed by atoms with Crippen LogP contribution in [0.15, 0.2) is 66.7 Å². The predicted molar refractivity (Wildman–Crippen MR) is 146 cm³/mol. The number of likely N-dealkylation sites (tertiary alicyclic amines) is 1. The van der Waals surface area contributed by atoms with Crippen LogP contribution in [0.25, 0.3) is 11.1 Å². The summed E-state index contributed by atoms with van der Waals surface area (Å²) >= 11 is 5.95. The number of halogens is 2. The number of nitriles is 1. The van der Waals surface area contributed by atoms with Gasteiger partial charge >= 0.3 is 6.03 Å². The van der Waals surface area contributed by atoms with E-state index in [2.05, 4.69) is 16.3 Å². The highest BCUT2D eigenvalue weighted by Gasteiger charge is 2.32. The lowest BCUT2D eigenvalue weighted by Crippen LogP contribution is -2.50. The van der Waals surface area contributed by atoms with E-state index in [-0.39, 0.29) is 17.1 Å². The predicted octanol–water partition coefficient (Wildman–Crippen LogP) is 7.46. The van der Waals surface area contributed by atoms with Crippen LogP contribution in [-0.4, -0.2) is 36.1 Å². The fraction of sp³-hybridized carbons (Fsp3) is 0.333. The minimum absolute atomic E-state index is 0.0295. The quantitative estimate of drug-likeness (QED) is 0.383. The van der Waals surface area contributed by atoms with Gasteiger partial charge in [-0.05, 0) is 79.3 Å². The van der Waals surface area contributed by atoms with E-state index < -0.39 is 5.82 Å². The lowest BCUT2D eigenvalue weighted by atomic mass is 9.99. The summed E-state index contributed by atoms with van der Waals surface area (Å²) in [6, 6.07) is 22.2. The molecule has 7 heteroatoms. The van der Waals surface area contributed by atoms with Crippen LogP contribution in [0.1, 0.15) is 44.1 Å². The number of carbonyl (C=O) groups excluding carboxylic acids is 1. The van der Waals surface area contributed by atoms with Crippen molar-refractivity contribution in [3.63, 3.8) is 0 Å². The highest BCUT2D eigenvalue weighted by atomic mass is 35.5. The van der Waals surface area contributed by atoms with Gasteiger partial charge in [0.1, 0.15) is 5.82 Å². The first-order chi connectivity index (χ1) is 18.0. The minimum Gasteiger partial charge on any atom is -0.307 e. The molecule has 1 heterocycles. The number of hydrogen-bond acceptors (Lipinski definition) is 3. The van der Waals surface area contributed by atoms with E-state index in [4.69, 9.17) is 11.6 Å². The molecule has 1 aliphatic carbocycles. The molecule has 0 spiro atoms. The van der Waals surface area contributed by atoms with Crippen LogP contribution in [0.2, 0.25) is 5.02 Å². The maximum atomic E-state index is 13.7. The Kier molecular flexibility index (Phi) is 7.73. The number of piperidine rings is 1. The van der Waals surface area contributed by atoms with Crippen LogP contribution in [0.3, 0.4) is 0 Å². The molecule has 1 N–H and O–H groups in total. The maximum absolute atomic E-state index is 13.7. The van der Waals surface area contributed by atoms with Crippen molar-refractivity contribution in [1.82, 2.24) is 4.90 Å². The van der Waals surface area contributed by atoms with Crippen LogP contribution >= 0.6 is 11.6 Å². The third-order valence-electron chi connectivity index (χ3n) is 7.57. The molecule has 37 heavy (non-hydrogen) atoms. The smallest absolute Gasteiger partial charge is 0.307 e. The molecule has 1 aliphatic heterocycles. The lowest BCUT2D eigenvalue weighted by molar-refractivity contribution is 0.153. The van der Waals surface area contributed by atoms with E-state index in [9.17, 15) is 14.4 Å². The fourth-order valence-electron chi connectivity index (χ4n) is 5.61. The van der Waals surface area contributed by atoms with E-state index in [0.717, 1.165) is 42.7 Å². The second-order valence-corrected chi connectivity index (χ2v) is 10.3. The molecule has 5 nitrogen and oxygen atoms in total. The van der Waals surface area contributed by atoms with E-state index in [1.165, 1.54) is 43.9 Å². The summed E-state index contributed by atoms with van der Waals surface area (Å²) in [5.74, 6) is -0.521. The number of nitrogens with zero attached hydrogens (tertiary/aromatic N) is 3. The number of anilines is 2. The normalized spacial score (nSPS) is 16.9. The van der Waals surface area contributed by atoms with Crippen molar-refractivity contribution >= 4 is 29.0 Å². The number of rotatable bonds is 5. The van der Waals surface area contributed by atoms with Gasteiger partial charge in [-0.15, -0.1) is 0 Å². The monoisotopic (exact) mass is 516 g/mol. The molecule has 5 rings (SSSR count).